The molecule has 2 aliphatic rings. The molecule has 2 fully saturated rings. The van der Waals surface area contributed by atoms with Crippen LogP contribution in [0.3, 0.4) is 0 Å². The second-order valence-electron chi connectivity index (χ2n) is 5.71. The third-order valence-electron chi connectivity index (χ3n) is 4.64. The molecule has 1 saturated carbocycles. The van der Waals surface area contributed by atoms with Gasteiger partial charge in [-0.05, 0) is 43.7 Å². The summed E-state index contributed by atoms with van der Waals surface area (Å²) in [5.74, 6) is 5.40. The minimum atomic E-state index is -0.488. The number of nitrogens with zero attached hydrogens (tertiary/aromatic N) is 1. The number of likely N-dealkylation sites (tertiary alicyclic amines) is 1. The lowest BCUT2D eigenvalue weighted by Crippen LogP contribution is -2.46. The van der Waals surface area contributed by atoms with Crippen LogP contribution in [-0.2, 0) is 0 Å². The second-order valence-corrected chi connectivity index (χ2v) is 5.71. The van der Waals surface area contributed by atoms with Crippen LogP contribution in [0, 0.1) is 11.7 Å². The molecule has 3 N–H and O–H groups in total. The van der Waals surface area contributed by atoms with E-state index in [1.165, 1.54) is 25.3 Å². The summed E-state index contributed by atoms with van der Waals surface area (Å²) in [6.07, 6.45) is 5.70. The predicted molar refractivity (Wildman–Crippen MR) is 75.6 cm³/mol. The number of nitrogens with two attached hydrogens (primary N) is 1. The Balaban J connectivity index is 1.90. The van der Waals surface area contributed by atoms with Gasteiger partial charge in [0.2, 0.25) is 0 Å². The molecule has 1 heterocycles. The van der Waals surface area contributed by atoms with E-state index in [4.69, 9.17) is 5.84 Å². The summed E-state index contributed by atoms with van der Waals surface area (Å²) in [5.41, 5.74) is 2.75. The van der Waals surface area contributed by atoms with E-state index >= 15 is 0 Å². The van der Waals surface area contributed by atoms with Crippen molar-refractivity contribution in [2.45, 2.75) is 38.1 Å². The summed E-state index contributed by atoms with van der Waals surface area (Å²) >= 11 is 0. The monoisotopic (exact) mass is 277 g/mol. The van der Waals surface area contributed by atoms with Gasteiger partial charge < -0.3 is 10.3 Å². The molecular formula is C15H20FN3O. The molecule has 1 aliphatic carbocycles. The van der Waals surface area contributed by atoms with Crippen molar-refractivity contribution in [2.75, 3.05) is 12.0 Å². The lowest BCUT2D eigenvalue weighted by atomic mass is 9.91. The maximum Gasteiger partial charge on any atom is 0.256 e. The molecule has 0 spiro atoms. The number of anilines is 1. The molecule has 4 nitrogen and oxygen atoms in total. The highest BCUT2D eigenvalue weighted by Crippen LogP contribution is 2.38. The zero-order chi connectivity index (χ0) is 14.1. The van der Waals surface area contributed by atoms with Gasteiger partial charge in [0, 0.05) is 12.6 Å². The van der Waals surface area contributed by atoms with Crippen LogP contribution in [0.2, 0.25) is 0 Å². The Labute approximate surface area is 118 Å². The Hall–Kier alpha value is -1.62. The van der Waals surface area contributed by atoms with Gasteiger partial charge in [0.05, 0.1) is 11.3 Å². The number of hydrogen-bond acceptors (Lipinski definition) is 3. The average molecular weight is 277 g/mol. The molecule has 0 aromatic heterocycles. The van der Waals surface area contributed by atoms with Crippen LogP contribution in [0.5, 0.6) is 0 Å². The Morgan fingerprint density at radius 2 is 2.10 bits per heavy atom. The Kier molecular flexibility index (Phi) is 3.61. The summed E-state index contributed by atoms with van der Waals surface area (Å²) in [4.78, 5) is 14.7. The fraction of sp³-hybridized carbons (Fsp3) is 0.533. The van der Waals surface area contributed by atoms with E-state index in [1.54, 1.807) is 12.1 Å². The first kappa shape index (κ1) is 13.4. The van der Waals surface area contributed by atoms with E-state index in [0.717, 1.165) is 19.4 Å². The van der Waals surface area contributed by atoms with Crippen LogP contribution in [-0.4, -0.2) is 23.4 Å². The van der Waals surface area contributed by atoms with Crippen molar-refractivity contribution < 1.29 is 9.18 Å². The lowest BCUT2D eigenvalue weighted by molar-refractivity contribution is 0.0549. The summed E-state index contributed by atoms with van der Waals surface area (Å²) in [6, 6.07) is 4.82. The number of piperidine rings is 1. The maximum atomic E-state index is 13.7. The number of nitrogens with one attached hydrogen (secondary N) is 1. The van der Waals surface area contributed by atoms with Crippen molar-refractivity contribution in [3.05, 3.63) is 29.6 Å². The highest BCUT2D eigenvalue weighted by molar-refractivity contribution is 6.00. The number of carbonyl (C=O) groups excluding carboxylic acids is 1. The van der Waals surface area contributed by atoms with E-state index in [2.05, 4.69) is 5.43 Å². The number of para-hydroxylation sites is 1. The Bertz CT molecular complexity index is 520. The van der Waals surface area contributed by atoms with E-state index in [0.29, 0.717) is 17.5 Å². The largest absolute Gasteiger partial charge is 0.335 e. The second kappa shape index (κ2) is 5.40. The van der Waals surface area contributed by atoms with Crippen LogP contribution in [0.1, 0.15) is 42.5 Å². The fourth-order valence-corrected chi connectivity index (χ4v) is 3.71. The Morgan fingerprint density at radius 3 is 2.90 bits per heavy atom. The van der Waals surface area contributed by atoms with Gasteiger partial charge in [-0.2, -0.15) is 0 Å². The molecule has 1 amide bonds. The highest BCUT2D eigenvalue weighted by atomic mass is 19.1. The number of nitrogen functional groups attached to an aromatic ring is 1. The number of hydrogen-bond donors (Lipinski definition) is 2. The molecule has 1 aromatic carbocycles. The van der Waals surface area contributed by atoms with Gasteiger partial charge in [-0.25, -0.2) is 4.39 Å². The SMILES string of the molecule is NNc1c(F)cccc1C(=O)N1CCCC2CCCC21. The lowest BCUT2D eigenvalue weighted by Gasteiger charge is -2.38. The zero-order valence-electron chi connectivity index (χ0n) is 11.4. The molecule has 108 valence electrons. The number of halogens is 1. The first-order valence-electron chi connectivity index (χ1n) is 7.28. The molecule has 20 heavy (non-hydrogen) atoms. The van der Waals surface area contributed by atoms with Gasteiger partial charge in [-0.3, -0.25) is 10.6 Å². The standard InChI is InChI=1S/C15H20FN3O/c16-12-7-2-6-11(14(12)18-17)15(20)19-9-3-5-10-4-1-8-13(10)19/h2,6-7,10,13,18H,1,3-5,8-9,17H2. The zero-order valence-corrected chi connectivity index (χ0v) is 11.4. The van der Waals surface area contributed by atoms with Gasteiger partial charge in [-0.1, -0.05) is 12.5 Å². The van der Waals surface area contributed by atoms with Gasteiger partial charge >= 0.3 is 0 Å². The van der Waals surface area contributed by atoms with Crippen molar-refractivity contribution in [1.29, 1.82) is 0 Å². The topological polar surface area (TPSA) is 58.4 Å². The first-order valence-corrected chi connectivity index (χ1v) is 7.28. The molecule has 5 heteroatoms. The summed E-state index contributed by atoms with van der Waals surface area (Å²) in [6.45, 7) is 0.764. The summed E-state index contributed by atoms with van der Waals surface area (Å²) in [7, 11) is 0. The van der Waals surface area contributed by atoms with Crippen molar-refractivity contribution in [1.82, 2.24) is 4.90 Å². The van der Waals surface area contributed by atoms with Crippen LogP contribution in [0.4, 0.5) is 10.1 Å². The van der Waals surface area contributed by atoms with E-state index < -0.39 is 5.82 Å². The Morgan fingerprint density at radius 1 is 1.30 bits per heavy atom. The minimum absolute atomic E-state index is 0.0950. The smallest absolute Gasteiger partial charge is 0.256 e. The van der Waals surface area contributed by atoms with Gasteiger partial charge in [0.25, 0.3) is 5.91 Å². The molecule has 1 aromatic rings. The normalized spacial score (nSPS) is 25.4. The molecule has 1 aliphatic heterocycles. The molecule has 3 rings (SSSR count). The first-order chi connectivity index (χ1) is 9.72. The average Bonchev–Trinajstić information content (AvgIpc) is 2.94. The molecule has 0 bridgehead atoms. The maximum absolute atomic E-state index is 13.7. The van der Waals surface area contributed by atoms with Gasteiger partial charge in [-0.15, -0.1) is 0 Å². The van der Waals surface area contributed by atoms with E-state index in [1.807, 2.05) is 4.90 Å². The van der Waals surface area contributed by atoms with Crippen molar-refractivity contribution >= 4 is 11.6 Å². The van der Waals surface area contributed by atoms with Crippen molar-refractivity contribution in [3.8, 4) is 0 Å². The summed E-state index contributed by atoms with van der Waals surface area (Å²) < 4.78 is 13.7. The number of fused-ring (bicyclic) bond motifs is 1. The fourth-order valence-electron chi connectivity index (χ4n) is 3.71. The van der Waals surface area contributed by atoms with E-state index in [9.17, 15) is 9.18 Å². The van der Waals surface area contributed by atoms with Crippen LogP contribution < -0.4 is 11.3 Å². The van der Waals surface area contributed by atoms with Gasteiger partial charge in [0.1, 0.15) is 5.82 Å². The molecular weight excluding hydrogens is 257 g/mol. The summed E-state index contributed by atoms with van der Waals surface area (Å²) in [5, 5.41) is 0. The van der Waals surface area contributed by atoms with Gasteiger partial charge in [0.15, 0.2) is 0 Å². The predicted octanol–water partition coefficient (Wildman–Crippen LogP) is 2.52. The number of carbonyl (C=O) groups is 1. The van der Waals surface area contributed by atoms with E-state index in [-0.39, 0.29) is 11.6 Å². The molecule has 2 atom stereocenters. The number of benzene rings is 1. The molecule has 2 unspecified atom stereocenters. The quantitative estimate of drug-likeness (QED) is 0.645. The number of hydrazine groups is 1. The van der Waals surface area contributed by atoms with Crippen molar-refractivity contribution in [2.24, 2.45) is 11.8 Å². The van der Waals surface area contributed by atoms with Crippen molar-refractivity contribution in [3.63, 3.8) is 0 Å². The number of rotatable bonds is 2. The van der Waals surface area contributed by atoms with Crippen LogP contribution >= 0.6 is 0 Å². The molecule has 0 radical (unpaired) electrons. The van der Waals surface area contributed by atoms with Crippen LogP contribution in [0.15, 0.2) is 18.2 Å². The minimum Gasteiger partial charge on any atom is -0.335 e. The third-order valence-corrected chi connectivity index (χ3v) is 4.64. The van der Waals surface area contributed by atoms with Crippen LogP contribution in [0.25, 0.3) is 0 Å². The molecule has 1 saturated heterocycles. The highest BCUT2D eigenvalue weighted by Gasteiger charge is 2.38. The number of amides is 1. The third kappa shape index (κ3) is 2.16.